The first-order valence-corrected chi connectivity index (χ1v) is 8.78. The minimum atomic E-state index is 0.258. The standard InChI is InChI=1S/C16H32N2S/c1-13-10-14(2,3)6-7-16(13,11-17)18-8-9-19-15(4,5)12-18/h13H,6-12,17H2,1-5H3. The van der Waals surface area contributed by atoms with Gasteiger partial charge in [0, 0.05) is 35.7 Å². The molecular weight excluding hydrogens is 252 g/mol. The van der Waals surface area contributed by atoms with E-state index in [0.717, 1.165) is 6.54 Å². The molecule has 19 heavy (non-hydrogen) atoms. The SMILES string of the molecule is CC1CC(C)(C)CCC1(CN)N1CCSC(C)(C)C1. The van der Waals surface area contributed by atoms with E-state index in [-0.39, 0.29) is 5.54 Å². The minimum absolute atomic E-state index is 0.258. The Balaban J connectivity index is 2.18. The molecule has 1 aliphatic heterocycles. The van der Waals surface area contributed by atoms with E-state index in [4.69, 9.17) is 5.73 Å². The highest BCUT2D eigenvalue weighted by atomic mass is 32.2. The van der Waals surface area contributed by atoms with Crippen LogP contribution in [0.2, 0.25) is 0 Å². The zero-order chi connectivity index (χ0) is 14.3. The third-order valence-electron chi connectivity index (χ3n) is 5.42. The van der Waals surface area contributed by atoms with Crippen molar-refractivity contribution < 1.29 is 0 Å². The second-order valence-electron chi connectivity index (χ2n) is 8.11. The van der Waals surface area contributed by atoms with Gasteiger partial charge in [-0.05, 0) is 44.4 Å². The highest BCUT2D eigenvalue weighted by Gasteiger charge is 2.48. The molecule has 2 nitrogen and oxygen atoms in total. The highest BCUT2D eigenvalue weighted by Crippen LogP contribution is 2.48. The quantitative estimate of drug-likeness (QED) is 0.843. The summed E-state index contributed by atoms with van der Waals surface area (Å²) in [6, 6.07) is 0. The number of thioether (sulfide) groups is 1. The van der Waals surface area contributed by atoms with Gasteiger partial charge in [0.1, 0.15) is 0 Å². The molecule has 2 aliphatic rings. The van der Waals surface area contributed by atoms with Crippen molar-refractivity contribution in [3.05, 3.63) is 0 Å². The van der Waals surface area contributed by atoms with Gasteiger partial charge in [0.25, 0.3) is 0 Å². The van der Waals surface area contributed by atoms with Crippen molar-refractivity contribution in [3.8, 4) is 0 Å². The van der Waals surface area contributed by atoms with Crippen molar-refractivity contribution in [3.63, 3.8) is 0 Å². The number of hydrogen-bond acceptors (Lipinski definition) is 3. The van der Waals surface area contributed by atoms with E-state index in [2.05, 4.69) is 51.3 Å². The fourth-order valence-corrected chi connectivity index (χ4v) is 5.33. The summed E-state index contributed by atoms with van der Waals surface area (Å²) in [5.74, 6) is 1.96. The Morgan fingerprint density at radius 2 is 1.89 bits per heavy atom. The molecule has 0 spiro atoms. The van der Waals surface area contributed by atoms with Gasteiger partial charge in [0.05, 0.1) is 0 Å². The van der Waals surface area contributed by atoms with Crippen LogP contribution in [0.15, 0.2) is 0 Å². The normalized spacial score (nSPS) is 39.2. The zero-order valence-electron chi connectivity index (χ0n) is 13.5. The second-order valence-corrected chi connectivity index (χ2v) is 9.91. The van der Waals surface area contributed by atoms with Gasteiger partial charge < -0.3 is 5.73 Å². The Kier molecular flexibility index (Phi) is 4.31. The van der Waals surface area contributed by atoms with Crippen molar-refractivity contribution in [1.82, 2.24) is 4.90 Å². The molecule has 0 aromatic rings. The molecule has 1 saturated heterocycles. The molecule has 3 heteroatoms. The first-order chi connectivity index (χ1) is 8.71. The summed E-state index contributed by atoms with van der Waals surface area (Å²) in [6.45, 7) is 15.3. The van der Waals surface area contributed by atoms with E-state index in [9.17, 15) is 0 Å². The van der Waals surface area contributed by atoms with Crippen LogP contribution in [0.4, 0.5) is 0 Å². The third-order valence-corrected chi connectivity index (χ3v) is 6.72. The van der Waals surface area contributed by atoms with Crippen LogP contribution in [0, 0.1) is 11.3 Å². The summed E-state index contributed by atoms with van der Waals surface area (Å²) >= 11 is 2.12. The van der Waals surface area contributed by atoms with Crippen LogP contribution in [0.25, 0.3) is 0 Å². The van der Waals surface area contributed by atoms with E-state index in [0.29, 0.717) is 16.1 Å². The van der Waals surface area contributed by atoms with Crippen LogP contribution in [0.1, 0.15) is 53.9 Å². The summed E-state index contributed by atoms with van der Waals surface area (Å²) in [7, 11) is 0. The van der Waals surface area contributed by atoms with Crippen LogP contribution >= 0.6 is 11.8 Å². The fourth-order valence-electron chi connectivity index (χ4n) is 4.22. The number of rotatable bonds is 2. The van der Waals surface area contributed by atoms with Gasteiger partial charge in [-0.1, -0.05) is 20.8 Å². The fraction of sp³-hybridized carbons (Fsp3) is 1.00. The molecule has 0 aromatic carbocycles. The van der Waals surface area contributed by atoms with Gasteiger partial charge in [-0.3, -0.25) is 4.90 Å². The summed E-state index contributed by atoms with van der Waals surface area (Å²) < 4.78 is 0.382. The van der Waals surface area contributed by atoms with E-state index < -0.39 is 0 Å². The molecule has 2 atom stereocenters. The summed E-state index contributed by atoms with van der Waals surface area (Å²) in [4.78, 5) is 2.74. The Labute approximate surface area is 123 Å². The molecule has 1 aliphatic carbocycles. The Hall–Kier alpha value is 0.270. The molecular formula is C16H32N2S. The van der Waals surface area contributed by atoms with E-state index in [1.165, 1.54) is 38.1 Å². The molecule has 0 amide bonds. The van der Waals surface area contributed by atoms with Crippen LogP contribution in [0.5, 0.6) is 0 Å². The van der Waals surface area contributed by atoms with Gasteiger partial charge in [-0.25, -0.2) is 0 Å². The number of hydrogen-bond donors (Lipinski definition) is 1. The smallest absolute Gasteiger partial charge is 0.0358 e. The first kappa shape index (κ1) is 15.7. The van der Waals surface area contributed by atoms with Crippen LogP contribution < -0.4 is 5.73 Å². The van der Waals surface area contributed by atoms with Gasteiger partial charge in [0.2, 0.25) is 0 Å². The summed E-state index contributed by atoms with van der Waals surface area (Å²) in [6.07, 6.45) is 3.91. The Morgan fingerprint density at radius 1 is 1.21 bits per heavy atom. The van der Waals surface area contributed by atoms with Crippen molar-refractivity contribution >= 4 is 11.8 Å². The maximum absolute atomic E-state index is 6.29. The number of nitrogens with two attached hydrogens (primary N) is 1. The van der Waals surface area contributed by atoms with Crippen LogP contribution in [-0.2, 0) is 0 Å². The van der Waals surface area contributed by atoms with Gasteiger partial charge in [0.15, 0.2) is 0 Å². The average molecular weight is 285 g/mol. The largest absolute Gasteiger partial charge is 0.329 e. The Morgan fingerprint density at radius 3 is 2.42 bits per heavy atom. The molecule has 0 radical (unpaired) electrons. The maximum Gasteiger partial charge on any atom is 0.0358 e. The average Bonchev–Trinajstić information content (AvgIpc) is 2.27. The molecule has 2 unspecified atom stereocenters. The lowest BCUT2D eigenvalue weighted by atomic mass is 9.63. The van der Waals surface area contributed by atoms with Crippen molar-refractivity contribution in [2.75, 3.05) is 25.4 Å². The molecule has 1 heterocycles. The van der Waals surface area contributed by atoms with Crippen molar-refractivity contribution in [2.24, 2.45) is 17.1 Å². The summed E-state index contributed by atoms with van der Waals surface area (Å²) in [5.41, 5.74) is 7.04. The topological polar surface area (TPSA) is 29.3 Å². The molecule has 2 fully saturated rings. The Bertz CT molecular complexity index is 327. The lowest BCUT2D eigenvalue weighted by Crippen LogP contribution is -2.64. The predicted molar refractivity (Wildman–Crippen MR) is 86.7 cm³/mol. The van der Waals surface area contributed by atoms with Gasteiger partial charge >= 0.3 is 0 Å². The summed E-state index contributed by atoms with van der Waals surface area (Å²) in [5, 5.41) is 0. The van der Waals surface area contributed by atoms with Crippen molar-refractivity contribution in [2.45, 2.75) is 64.2 Å². The van der Waals surface area contributed by atoms with Crippen LogP contribution in [0.3, 0.4) is 0 Å². The minimum Gasteiger partial charge on any atom is -0.329 e. The van der Waals surface area contributed by atoms with E-state index >= 15 is 0 Å². The second kappa shape index (κ2) is 5.23. The highest BCUT2D eigenvalue weighted by molar-refractivity contribution is 8.00. The molecule has 2 N–H and O–H groups in total. The lowest BCUT2D eigenvalue weighted by molar-refractivity contribution is -0.0244. The monoisotopic (exact) mass is 284 g/mol. The molecule has 2 rings (SSSR count). The van der Waals surface area contributed by atoms with E-state index in [1.54, 1.807) is 0 Å². The molecule has 112 valence electrons. The maximum atomic E-state index is 6.29. The predicted octanol–water partition coefficient (Wildman–Crippen LogP) is 3.36. The van der Waals surface area contributed by atoms with Crippen molar-refractivity contribution in [1.29, 1.82) is 0 Å². The van der Waals surface area contributed by atoms with E-state index in [1.807, 2.05) is 0 Å². The van der Waals surface area contributed by atoms with Gasteiger partial charge in [-0.2, -0.15) is 11.8 Å². The third kappa shape index (κ3) is 3.14. The molecule has 0 aromatic heterocycles. The van der Waals surface area contributed by atoms with Gasteiger partial charge in [-0.15, -0.1) is 0 Å². The lowest BCUT2D eigenvalue weighted by Gasteiger charge is -2.56. The number of nitrogens with zero attached hydrogens (tertiary/aromatic N) is 1. The zero-order valence-corrected chi connectivity index (χ0v) is 14.3. The first-order valence-electron chi connectivity index (χ1n) is 7.80. The molecule has 1 saturated carbocycles. The van der Waals surface area contributed by atoms with Crippen LogP contribution in [-0.4, -0.2) is 40.6 Å². The molecule has 0 bridgehead atoms.